The Morgan fingerprint density at radius 3 is 2.35 bits per heavy atom. The van der Waals surface area contributed by atoms with Crippen LogP contribution in [0.2, 0.25) is 0 Å². The first-order valence-electron chi connectivity index (χ1n) is 12.8. The number of nitro benzene ring substituents is 1. The number of hydrogen-bond acceptors (Lipinski definition) is 8. The zero-order valence-corrected chi connectivity index (χ0v) is 22.7. The van der Waals surface area contributed by atoms with Crippen LogP contribution in [-0.2, 0) is 32.6 Å². The molecule has 0 aliphatic carbocycles. The summed E-state index contributed by atoms with van der Waals surface area (Å²) in [5.74, 6) is -0.376. The van der Waals surface area contributed by atoms with Crippen molar-refractivity contribution in [2.45, 2.75) is 24.4 Å². The van der Waals surface area contributed by atoms with Crippen molar-refractivity contribution < 1.29 is 31.7 Å². The van der Waals surface area contributed by atoms with E-state index in [0.29, 0.717) is 37.5 Å². The standard InChI is InChI=1S/C27H31FN4O7S/c28-23-6-4-22(5-7-23)19-30(20-25-3-1-16-39-25)27(33)21-31(13-2-12-29-14-17-38-18-15-29)40(36,37)26-10-8-24(9-11-26)32(34)35/h1,3-11,16H,2,12-15,17-21H2. The van der Waals surface area contributed by atoms with Crippen LogP contribution < -0.4 is 0 Å². The van der Waals surface area contributed by atoms with Crippen LogP contribution in [0.25, 0.3) is 0 Å². The van der Waals surface area contributed by atoms with Crippen LogP contribution in [0.5, 0.6) is 0 Å². The van der Waals surface area contributed by atoms with Crippen LogP contribution in [0, 0.1) is 15.9 Å². The van der Waals surface area contributed by atoms with Gasteiger partial charge in [-0.05, 0) is 54.9 Å². The number of carbonyl (C=O) groups is 1. The number of rotatable bonds is 13. The molecule has 1 aromatic heterocycles. The van der Waals surface area contributed by atoms with E-state index in [2.05, 4.69) is 4.90 Å². The van der Waals surface area contributed by atoms with Gasteiger partial charge in [-0.2, -0.15) is 4.31 Å². The van der Waals surface area contributed by atoms with Crippen LogP contribution in [0.1, 0.15) is 17.7 Å². The lowest BCUT2D eigenvalue weighted by atomic mass is 10.2. The summed E-state index contributed by atoms with van der Waals surface area (Å²) < 4.78 is 52.7. The van der Waals surface area contributed by atoms with E-state index in [1.807, 2.05) is 0 Å². The highest BCUT2D eigenvalue weighted by atomic mass is 32.2. The Hall–Kier alpha value is -3.65. The minimum Gasteiger partial charge on any atom is -0.467 e. The molecular formula is C27H31FN4O7S. The normalized spacial score (nSPS) is 14.3. The van der Waals surface area contributed by atoms with Gasteiger partial charge in [0.2, 0.25) is 15.9 Å². The number of morpholine rings is 1. The molecule has 40 heavy (non-hydrogen) atoms. The average Bonchev–Trinajstić information content (AvgIpc) is 3.47. The number of non-ortho nitro benzene ring substituents is 1. The monoisotopic (exact) mass is 574 g/mol. The Labute approximate surface area is 231 Å². The van der Waals surface area contributed by atoms with E-state index >= 15 is 0 Å². The predicted octanol–water partition coefficient (Wildman–Crippen LogP) is 3.27. The summed E-state index contributed by atoms with van der Waals surface area (Å²) in [4.78, 5) is 27.5. The van der Waals surface area contributed by atoms with Crippen molar-refractivity contribution in [2.75, 3.05) is 45.9 Å². The van der Waals surface area contributed by atoms with Crippen molar-refractivity contribution in [2.24, 2.45) is 0 Å². The smallest absolute Gasteiger partial charge is 0.269 e. The first kappa shape index (κ1) is 29.3. The van der Waals surface area contributed by atoms with E-state index in [1.54, 1.807) is 24.3 Å². The molecule has 0 spiro atoms. The van der Waals surface area contributed by atoms with Gasteiger partial charge >= 0.3 is 0 Å². The molecule has 1 aliphatic rings. The van der Waals surface area contributed by atoms with E-state index in [4.69, 9.17) is 9.15 Å². The number of ether oxygens (including phenoxy) is 1. The van der Waals surface area contributed by atoms with Crippen molar-refractivity contribution in [1.29, 1.82) is 0 Å². The third-order valence-corrected chi connectivity index (χ3v) is 8.41. The van der Waals surface area contributed by atoms with Gasteiger partial charge in [0.15, 0.2) is 0 Å². The lowest BCUT2D eigenvalue weighted by Crippen LogP contribution is -2.44. The molecule has 0 radical (unpaired) electrons. The molecule has 4 rings (SSSR count). The van der Waals surface area contributed by atoms with Gasteiger partial charge in [0.1, 0.15) is 11.6 Å². The Bertz CT molecular complexity index is 1360. The zero-order chi connectivity index (χ0) is 28.5. The lowest BCUT2D eigenvalue weighted by molar-refractivity contribution is -0.384. The number of halogens is 1. The molecule has 0 N–H and O–H groups in total. The fourth-order valence-electron chi connectivity index (χ4n) is 4.35. The summed E-state index contributed by atoms with van der Waals surface area (Å²) in [5.41, 5.74) is 0.427. The van der Waals surface area contributed by atoms with Crippen LogP contribution in [0.15, 0.2) is 76.2 Å². The van der Waals surface area contributed by atoms with Gasteiger partial charge in [-0.1, -0.05) is 12.1 Å². The van der Waals surface area contributed by atoms with Gasteiger partial charge in [0.25, 0.3) is 5.69 Å². The lowest BCUT2D eigenvalue weighted by Gasteiger charge is -2.29. The number of benzene rings is 2. The minimum absolute atomic E-state index is 0.0631. The van der Waals surface area contributed by atoms with Gasteiger partial charge in [0.05, 0.1) is 42.4 Å². The molecule has 3 aromatic rings. The second kappa shape index (κ2) is 13.6. The summed E-state index contributed by atoms with van der Waals surface area (Å²) in [6, 6.07) is 13.7. The highest BCUT2D eigenvalue weighted by Gasteiger charge is 2.29. The van der Waals surface area contributed by atoms with Crippen LogP contribution in [0.4, 0.5) is 10.1 Å². The molecule has 2 heterocycles. The average molecular weight is 575 g/mol. The van der Waals surface area contributed by atoms with Gasteiger partial charge in [0, 0.05) is 38.3 Å². The number of nitro groups is 1. The summed E-state index contributed by atoms with van der Waals surface area (Å²) in [6.45, 7) is 3.11. The second-order valence-electron chi connectivity index (χ2n) is 9.35. The zero-order valence-electron chi connectivity index (χ0n) is 21.9. The molecule has 2 aromatic carbocycles. The SMILES string of the molecule is O=C(CN(CCCN1CCOCC1)S(=O)(=O)c1ccc([N+](=O)[O-])cc1)N(Cc1ccc(F)cc1)Cc1ccco1. The molecule has 1 fully saturated rings. The highest BCUT2D eigenvalue weighted by Crippen LogP contribution is 2.21. The van der Waals surface area contributed by atoms with Crippen LogP contribution in [0.3, 0.4) is 0 Å². The van der Waals surface area contributed by atoms with E-state index in [0.717, 1.165) is 29.5 Å². The maximum absolute atomic E-state index is 13.7. The molecule has 0 saturated carbocycles. The van der Waals surface area contributed by atoms with Gasteiger partial charge < -0.3 is 14.1 Å². The minimum atomic E-state index is -4.17. The van der Waals surface area contributed by atoms with E-state index in [1.165, 1.54) is 35.4 Å². The van der Waals surface area contributed by atoms with E-state index in [-0.39, 0.29) is 30.2 Å². The summed E-state index contributed by atoms with van der Waals surface area (Å²) in [6.07, 6.45) is 1.95. The van der Waals surface area contributed by atoms with E-state index < -0.39 is 33.2 Å². The Morgan fingerprint density at radius 1 is 1.02 bits per heavy atom. The quantitative estimate of drug-likeness (QED) is 0.225. The molecule has 214 valence electrons. The maximum atomic E-state index is 13.7. The third-order valence-electron chi connectivity index (χ3n) is 6.55. The van der Waals surface area contributed by atoms with Crippen molar-refractivity contribution in [1.82, 2.24) is 14.1 Å². The Kier molecular flexibility index (Phi) is 9.98. The number of carbonyl (C=O) groups excluding carboxylic acids is 1. The molecule has 1 saturated heterocycles. The molecule has 0 bridgehead atoms. The van der Waals surface area contributed by atoms with Crippen LogP contribution >= 0.6 is 0 Å². The fourth-order valence-corrected chi connectivity index (χ4v) is 5.78. The molecule has 0 atom stereocenters. The number of amides is 1. The number of sulfonamides is 1. The molecule has 0 unspecified atom stereocenters. The van der Waals surface area contributed by atoms with Gasteiger partial charge in [-0.25, -0.2) is 12.8 Å². The van der Waals surface area contributed by atoms with Crippen LogP contribution in [-0.4, -0.2) is 79.3 Å². The largest absolute Gasteiger partial charge is 0.467 e. The highest BCUT2D eigenvalue weighted by molar-refractivity contribution is 7.89. The molecule has 1 aliphatic heterocycles. The van der Waals surface area contributed by atoms with Crippen molar-refractivity contribution >= 4 is 21.6 Å². The third kappa shape index (κ3) is 7.94. The molecule has 11 nitrogen and oxygen atoms in total. The molecule has 13 heteroatoms. The first-order chi connectivity index (χ1) is 19.2. The van der Waals surface area contributed by atoms with Crippen molar-refractivity contribution in [3.05, 3.63) is 94.2 Å². The predicted molar refractivity (Wildman–Crippen MR) is 143 cm³/mol. The maximum Gasteiger partial charge on any atom is 0.269 e. The van der Waals surface area contributed by atoms with Gasteiger partial charge in [-0.3, -0.25) is 19.8 Å². The number of hydrogen-bond donors (Lipinski definition) is 0. The summed E-state index contributed by atoms with van der Waals surface area (Å²) in [5, 5.41) is 11.1. The topological polar surface area (TPSA) is 126 Å². The molecular weight excluding hydrogens is 543 g/mol. The van der Waals surface area contributed by atoms with Gasteiger partial charge in [-0.15, -0.1) is 0 Å². The summed E-state index contributed by atoms with van der Waals surface area (Å²) in [7, 11) is -4.17. The first-order valence-corrected chi connectivity index (χ1v) is 14.3. The Morgan fingerprint density at radius 2 is 1.73 bits per heavy atom. The molecule has 1 amide bonds. The number of furan rings is 1. The Balaban J connectivity index is 1.55. The second-order valence-corrected chi connectivity index (χ2v) is 11.3. The van der Waals surface area contributed by atoms with Crippen molar-refractivity contribution in [3.63, 3.8) is 0 Å². The fraction of sp³-hybridized carbons (Fsp3) is 0.370. The summed E-state index contributed by atoms with van der Waals surface area (Å²) >= 11 is 0. The number of nitrogens with zero attached hydrogens (tertiary/aromatic N) is 4. The van der Waals surface area contributed by atoms with Crippen molar-refractivity contribution in [3.8, 4) is 0 Å². The van der Waals surface area contributed by atoms with E-state index in [9.17, 15) is 27.7 Å².